The van der Waals surface area contributed by atoms with Crippen LogP contribution in [-0.4, -0.2) is 25.3 Å². The van der Waals surface area contributed by atoms with Gasteiger partial charge in [-0.05, 0) is 37.1 Å². The first kappa shape index (κ1) is 15.0. The number of ether oxygens (including phenoxy) is 2. The van der Waals surface area contributed by atoms with E-state index < -0.39 is 0 Å². The molecule has 5 heteroatoms. The summed E-state index contributed by atoms with van der Waals surface area (Å²) in [5.74, 6) is 1.14. The second kappa shape index (κ2) is 7.41. The average molecular weight is 264 g/mol. The molecule has 1 aromatic carbocycles. The number of amides is 1. The summed E-state index contributed by atoms with van der Waals surface area (Å²) in [7, 11) is 1.59. The molecule has 0 radical (unpaired) electrons. The average Bonchev–Trinajstić information content (AvgIpc) is 2.39. The van der Waals surface area contributed by atoms with E-state index >= 15 is 0 Å². The molecule has 1 rings (SSSR count). The summed E-state index contributed by atoms with van der Waals surface area (Å²) < 4.78 is 11.0. The Hall–Kier alpha value is -2.04. The third-order valence-corrected chi connectivity index (χ3v) is 2.53. The Kier molecular flexibility index (Phi) is 5.85. The molecule has 0 spiro atoms. The SMILES string of the molecule is CC[C@@H](C)Oc1ccc(/C=N\NC(C)=O)cc1OC. The Labute approximate surface area is 113 Å². The Morgan fingerprint density at radius 1 is 1.47 bits per heavy atom. The third kappa shape index (κ3) is 4.99. The monoisotopic (exact) mass is 264 g/mol. The van der Waals surface area contributed by atoms with Gasteiger partial charge < -0.3 is 9.47 Å². The smallest absolute Gasteiger partial charge is 0.236 e. The van der Waals surface area contributed by atoms with Crippen LogP contribution in [0.3, 0.4) is 0 Å². The van der Waals surface area contributed by atoms with Gasteiger partial charge in [-0.25, -0.2) is 5.43 Å². The maximum atomic E-state index is 10.7. The maximum absolute atomic E-state index is 10.7. The maximum Gasteiger partial charge on any atom is 0.236 e. The zero-order valence-electron chi connectivity index (χ0n) is 11.8. The molecular formula is C14H20N2O3. The van der Waals surface area contributed by atoms with E-state index in [1.54, 1.807) is 13.3 Å². The van der Waals surface area contributed by atoms with Crippen LogP contribution < -0.4 is 14.9 Å². The minimum Gasteiger partial charge on any atom is -0.493 e. The molecule has 5 nitrogen and oxygen atoms in total. The number of hydrogen-bond acceptors (Lipinski definition) is 4. The predicted molar refractivity (Wildman–Crippen MR) is 74.8 cm³/mol. The van der Waals surface area contributed by atoms with Crippen LogP contribution in [0.5, 0.6) is 11.5 Å². The fourth-order valence-electron chi connectivity index (χ4n) is 1.36. The van der Waals surface area contributed by atoms with Crippen LogP contribution in [0.1, 0.15) is 32.8 Å². The largest absolute Gasteiger partial charge is 0.493 e. The highest BCUT2D eigenvalue weighted by molar-refractivity contribution is 5.82. The molecule has 1 atom stereocenters. The molecule has 0 saturated heterocycles. The topological polar surface area (TPSA) is 59.9 Å². The number of benzene rings is 1. The molecule has 1 amide bonds. The molecule has 0 saturated carbocycles. The van der Waals surface area contributed by atoms with E-state index in [1.807, 2.05) is 25.1 Å². The molecule has 0 bridgehead atoms. The molecule has 0 fully saturated rings. The van der Waals surface area contributed by atoms with E-state index in [0.717, 1.165) is 12.0 Å². The van der Waals surface area contributed by atoms with Gasteiger partial charge >= 0.3 is 0 Å². The number of nitrogens with one attached hydrogen (secondary N) is 1. The third-order valence-electron chi connectivity index (χ3n) is 2.53. The van der Waals surface area contributed by atoms with Crippen molar-refractivity contribution in [2.45, 2.75) is 33.3 Å². The minimum atomic E-state index is -0.208. The number of hydrogen-bond donors (Lipinski definition) is 1. The van der Waals surface area contributed by atoms with Gasteiger partial charge in [0.1, 0.15) is 0 Å². The van der Waals surface area contributed by atoms with Crippen molar-refractivity contribution in [1.29, 1.82) is 0 Å². The second-order valence-electron chi connectivity index (χ2n) is 4.17. The number of carbonyl (C=O) groups excluding carboxylic acids is 1. The molecule has 1 N–H and O–H groups in total. The number of nitrogens with zero attached hydrogens (tertiary/aromatic N) is 1. The van der Waals surface area contributed by atoms with Crippen LogP contribution in [0.25, 0.3) is 0 Å². The van der Waals surface area contributed by atoms with E-state index in [1.165, 1.54) is 6.92 Å². The molecule has 0 aliphatic carbocycles. The van der Waals surface area contributed by atoms with Gasteiger partial charge in [0.05, 0.1) is 19.4 Å². The van der Waals surface area contributed by atoms with Crippen LogP contribution in [0, 0.1) is 0 Å². The summed E-state index contributed by atoms with van der Waals surface area (Å²) >= 11 is 0. The Bertz CT molecular complexity index is 458. The van der Waals surface area contributed by atoms with Crippen molar-refractivity contribution in [1.82, 2.24) is 5.43 Å². The van der Waals surface area contributed by atoms with Crippen LogP contribution in [0.15, 0.2) is 23.3 Å². The first-order valence-electron chi connectivity index (χ1n) is 6.21. The zero-order chi connectivity index (χ0) is 14.3. The number of hydrazone groups is 1. The minimum absolute atomic E-state index is 0.132. The molecule has 19 heavy (non-hydrogen) atoms. The standard InChI is InChI=1S/C14H20N2O3/c1-5-10(2)19-13-7-6-12(8-14(13)18-4)9-15-16-11(3)17/h6-10H,5H2,1-4H3,(H,16,17)/b15-9-/t10-/m1/s1. The molecular weight excluding hydrogens is 244 g/mol. The highest BCUT2D eigenvalue weighted by Gasteiger charge is 2.08. The Morgan fingerprint density at radius 2 is 2.21 bits per heavy atom. The summed E-state index contributed by atoms with van der Waals surface area (Å²) in [6, 6.07) is 5.49. The summed E-state index contributed by atoms with van der Waals surface area (Å²) in [6.45, 7) is 5.47. The molecule has 0 aliphatic rings. The van der Waals surface area contributed by atoms with Crippen LogP contribution in [-0.2, 0) is 4.79 Å². The lowest BCUT2D eigenvalue weighted by Crippen LogP contribution is -2.12. The van der Waals surface area contributed by atoms with E-state index in [0.29, 0.717) is 11.5 Å². The fraction of sp³-hybridized carbons (Fsp3) is 0.429. The van der Waals surface area contributed by atoms with Crippen molar-refractivity contribution in [3.8, 4) is 11.5 Å². The van der Waals surface area contributed by atoms with Gasteiger partial charge in [-0.2, -0.15) is 5.10 Å². The zero-order valence-corrected chi connectivity index (χ0v) is 11.8. The Morgan fingerprint density at radius 3 is 2.79 bits per heavy atom. The van der Waals surface area contributed by atoms with Gasteiger partial charge in [0.15, 0.2) is 11.5 Å². The lowest BCUT2D eigenvalue weighted by Gasteiger charge is -2.15. The lowest BCUT2D eigenvalue weighted by atomic mass is 10.2. The highest BCUT2D eigenvalue weighted by Crippen LogP contribution is 2.28. The van der Waals surface area contributed by atoms with Gasteiger partial charge in [-0.3, -0.25) is 4.79 Å². The Balaban J connectivity index is 2.83. The van der Waals surface area contributed by atoms with Crippen molar-refractivity contribution in [2.24, 2.45) is 5.10 Å². The van der Waals surface area contributed by atoms with Crippen LogP contribution >= 0.6 is 0 Å². The van der Waals surface area contributed by atoms with Crippen molar-refractivity contribution >= 4 is 12.1 Å². The second-order valence-corrected chi connectivity index (χ2v) is 4.17. The first-order valence-corrected chi connectivity index (χ1v) is 6.21. The van der Waals surface area contributed by atoms with E-state index in [2.05, 4.69) is 17.5 Å². The molecule has 0 aromatic heterocycles. The van der Waals surface area contributed by atoms with Crippen molar-refractivity contribution in [2.75, 3.05) is 7.11 Å². The fourth-order valence-corrected chi connectivity index (χ4v) is 1.36. The van der Waals surface area contributed by atoms with Gasteiger partial charge in [-0.1, -0.05) is 6.92 Å². The molecule has 0 aliphatic heterocycles. The molecule has 0 unspecified atom stereocenters. The summed E-state index contributed by atoms with van der Waals surface area (Å²) in [5.41, 5.74) is 3.17. The molecule has 0 heterocycles. The normalized spacial score (nSPS) is 12.2. The van der Waals surface area contributed by atoms with Gasteiger partial charge in [0.25, 0.3) is 0 Å². The van der Waals surface area contributed by atoms with Gasteiger partial charge in [0.2, 0.25) is 5.91 Å². The predicted octanol–water partition coefficient (Wildman–Crippen LogP) is 2.34. The van der Waals surface area contributed by atoms with Crippen LogP contribution in [0.2, 0.25) is 0 Å². The summed E-state index contributed by atoms with van der Waals surface area (Å²) in [6.07, 6.45) is 2.61. The van der Waals surface area contributed by atoms with E-state index in [9.17, 15) is 4.79 Å². The molecule has 1 aromatic rings. The van der Waals surface area contributed by atoms with E-state index in [-0.39, 0.29) is 12.0 Å². The lowest BCUT2D eigenvalue weighted by molar-refractivity contribution is -0.118. The summed E-state index contributed by atoms with van der Waals surface area (Å²) in [5, 5.41) is 3.80. The highest BCUT2D eigenvalue weighted by atomic mass is 16.5. The quantitative estimate of drug-likeness (QED) is 0.633. The number of carbonyl (C=O) groups is 1. The number of methoxy groups -OCH3 is 1. The first-order chi connectivity index (χ1) is 9.06. The van der Waals surface area contributed by atoms with Gasteiger partial charge in [0, 0.05) is 6.92 Å². The van der Waals surface area contributed by atoms with Crippen molar-refractivity contribution in [3.63, 3.8) is 0 Å². The van der Waals surface area contributed by atoms with Crippen molar-refractivity contribution < 1.29 is 14.3 Å². The van der Waals surface area contributed by atoms with Crippen LogP contribution in [0.4, 0.5) is 0 Å². The number of rotatable bonds is 6. The van der Waals surface area contributed by atoms with E-state index in [4.69, 9.17) is 9.47 Å². The van der Waals surface area contributed by atoms with Crippen molar-refractivity contribution in [3.05, 3.63) is 23.8 Å². The van der Waals surface area contributed by atoms with Gasteiger partial charge in [-0.15, -0.1) is 0 Å². The summed E-state index contributed by atoms with van der Waals surface area (Å²) in [4.78, 5) is 10.7. The molecule has 104 valence electrons.